The van der Waals surface area contributed by atoms with Crippen LogP contribution in [0.3, 0.4) is 0 Å². The van der Waals surface area contributed by atoms with Crippen LogP contribution in [-0.4, -0.2) is 27.8 Å². The summed E-state index contributed by atoms with van der Waals surface area (Å²) in [5.41, 5.74) is 5.03. The molecule has 1 N–H and O–H groups in total. The third kappa shape index (κ3) is 2.73. The first kappa shape index (κ1) is 16.3. The van der Waals surface area contributed by atoms with Crippen molar-refractivity contribution in [2.45, 2.75) is 26.2 Å². The SMILES string of the molecule is COc1ccc([C@H]2CC(=O)Nc3c2c(C)nn3-c2ccc(C)cc2)cn1. The minimum absolute atomic E-state index is 0.0217. The van der Waals surface area contributed by atoms with Gasteiger partial charge in [0, 0.05) is 30.2 Å². The van der Waals surface area contributed by atoms with Gasteiger partial charge in [-0.25, -0.2) is 9.67 Å². The van der Waals surface area contributed by atoms with Gasteiger partial charge in [0.1, 0.15) is 5.82 Å². The maximum absolute atomic E-state index is 12.4. The van der Waals surface area contributed by atoms with Crippen molar-refractivity contribution in [1.82, 2.24) is 14.8 Å². The van der Waals surface area contributed by atoms with Crippen LogP contribution in [0.15, 0.2) is 42.6 Å². The van der Waals surface area contributed by atoms with Gasteiger partial charge in [0.25, 0.3) is 0 Å². The van der Waals surface area contributed by atoms with Gasteiger partial charge in [-0.1, -0.05) is 23.8 Å². The topological polar surface area (TPSA) is 69.0 Å². The molecule has 1 amide bonds. The standard InChI is InChI=1S/C20H20N4O2/c1-12-4-7-15(8-5-12)24-20-19(13(2)23-24)16(10-17(25)22-20)14-6-9-18(26-3)21-11-14/h4-9,11,16H,10H2,1-3H3,(H,22,25)/t16-/m1/s1. The van der Waals surface area contributed by atoms with Crippen LogP contribution in [-0.2, 0) is 4.79 Å². The molecule has 132 valence electrons. The number of rotatable bonds is 3. The van der Waals surface area contributed by atoms with Gasteiger partial charge in [-0.05, 0) is 31.5 Å². The van der Waals surface area contributed by atoms with E-state index in [4.69, 9.17) is 9.84 Å². The van der Waals surface area contributed by atoms with Crippen LogP contribution >= 0.6 is 0 Å². The number of benzene rings is 1. The average molecular weight is 348 g/mol. The van der Waals surface area contributed by atoms with E-state index in [1.165, 1.54) is 5.56 Å². The zero-order valence-electron chi connectivity index (χ0n) is 15.0. The van der Waals surface area contributed by atoms with Crippen molar-refractivity contribution in [3.8, 4) is 11.6 Å². The van der Waals surface area contributed by atoms with E-state index in [1.54, 1.807) is 13.3 Å². The lowest BCUT2D eigenvalue weighted by atomic mass is 9.86. The minimum atomic E-state index is -0.0728. The molecule has 0 radical (unpaired) electrons. The lowest BCUT2D eigenvalue weighted by molar-refractivity contribution is -0.116. The van der Waals surface area contributed by atoms with E-state index in [0.29, 0.717) is 12.3 Å². The first-order valence-electron chi connectivity index (χ1n) is 8.53. The fourth-order valence-electron chi connectivity index (χ4n) is 3.42. The largest absolute Gasteiger partial charge is 0.481 e. The summed E-state index contributed by atoms with van der Waals surface area (Å²) < 4.78 is 6.95. The van der Waals surface area contributed by atoms with Crippen molar-refractivity contribution in [1.29, 1.82) is 0 Å². The smallest absolute Gasteiger partial charge is 0.226 e. The van der Waals surface area contributed by atoms with Gasteiger partial charge < -0.3 is 10.1 Å². The number of anilines is 1. The van der Waals surface area contributed by atoms with E-state index in [0.717, 1.165) is 28.3 Å². The molecule has 1 aromatic carbocycles. The van der Waals surface area contributed by atoms with Crippen LogP contribution in [0.5, 0.6) is 5.88 Å². The lowest BCUT2D eigenvalue weighted by Gasteiger charge is -2.24. The molecule has 1 aliphatic heterocycles. The summed E-state index contributed by atoms with van der Waals surface area (Å²) in [6.07, 6.45) is 2.15. The Morgan fingerprint density at radius 3 is 2.58 bits per heavy atom. The molecule has 0 spiro atoms. The van der Waals surface area contributed by atoms with Crippen LogP contribution < -0.4 is 10.1 Å². The summed E-state index contributed by atoms with van der Waals surface area (Å²) in [5.74, 6) is 1.20. The van der Waals surface area contributed by atoms with Gasteiger partial charge in [0.15, 0.2) is 0 Å². The van der Waals surface area contributed by atoms with Crippen LogP contribution in [0.2, 0.25) is 0 Å². The molecular formula is C20H20N4O2. The normalized spacial score (nSPS) is 16.1. The molecule has 0 unspecified atom stereocenters. The Morgan fingerprint density at radius 1 is 1.15 bits per heavy atom. The van der Waals surface area contributed by atoms with E-state index >= 15 is 0 Å². The van der Waals surface area contributed by atoms with Crippen LogP contribution in [0.1, 0.15) is 34.7 Å². The number of nitrogens with one attached hydrogen (secondary N) is 1. The summed E-state index contributed by atoms with van der Waals surface area (Å²) >= 11 is 0. The number of nitrogens with zero attached hydrogens (tertiary/aromatic N) is 3. The Bertz CT molecular complexity index is 959. The highest BCUT2D eigenvalue weighted by atomic mass is 16.5. The summed E-state index contributed by atoms with van der Waals surface area (Å²) in [4.78, 5) is 16.7. The number of ether oxygens (including phenoxy) is 1. The molecule has 3 heterocycles. The second kappa shape index (κ2) is 6.29. The van der Waals surface area contributed by atoms with Gasteiger partial charge in [0.2, 0.25) is 11.8 Å². The fraction of sp³-hybridized carbons (Fsp3) is 0.250. The van der Waals surface area contributed by atoms with Crippen molar-refractivity contribution < 1.29 is 9.53 Å². The quantitative estimate of drug-likeness (QED) is 0.788. The molecule has 0 fully saturated rings. The first-order chi connectivity index (χ1) is 12.6. The number of amides is 1. The number of hydrogen-bond acceptors (Lipinski definition) is 4. The van der Waals surface area contributed by atoms with Crippen LogP contribution in [0, 0.1) is 13.8 Å². The van der Waals surface area contributed by atoms with Crippen molar-refractivity contribution in [2.75, 3.05) is 12.4 Å². The predicted octanol–water partition coefficient (Wildman–Crippen LogP) is 3.37. The Morgan fingerprint density at radius 2 is 1.92 bits per heavy atom. The highest BCUT2D eigenvalue weighted by molar-refractivity contribution is 5.95. The Balaban J connectivity index is 1.82. The predicted molar refractivity (Wildman–Crippen MR) is 98.9 cm³/mol. The highest BCUT2D eigenvalue weighted by Crippen LogP contribution is 2.40. The number of aromatic nitrogens is 3. The maximum atomic E-state index is 12.4. The molecule has 6 heteroatoms. The number of methoxy groups -OCH3 is 1. The van der Waals surface area contributed by atoms with E-state index < -0.39 is 0 Å². The van der Waals surface area contributed by atoms with E-state index in [2.05, 4.69) is 10.3 Å². The Hall–Kier alpha value is -3.15. The van der Waals surface area contributed by atoms with Gasteiger partial charge in [-0.3, -0.25) is 4.79 Å². The molecule has 1 atom stereocenters. The molecule has 0 saturated heterocycles. The molecule has 6 nitrogen and oxygen atoms in total. The van der Waals surface area contributed by atoms with Gasteiger partial charge in [-0.2, -0.15) is 5.10 Å². The van der Waals surface area contributed by atoms with E-state index in [-0.39, 0.29) is 11.8 Å². The van der Waals surface area contributed by atoms with Crippen LogP contribution in [0.25, 0.3) is 5.69 Å². The highest BCUT2D eigenvalue weighted by Gasteiger charge is 2.32. The zero-order valence-corrected chi connectivity index (χ0v) is 15.0. The summed E-state index contributed by atoms with van der Waals surface area (Å²) in [6.45, 7) is 4.02. The Kier molecular flexibility index (Phi) is 3.95. The molecule has 4 rings (SSSR count). The second-order valence-electron chi connectivity index (χ2n) is 6.53. The molecular weight excluding hydrogens is 328 g/mol. The summed E-state index contributed by atoms with van der Waals surface area (Å²) in [7, 11) is 1.59. The average Bonchev–Trinajstić information content (AvgIpc) is 2.98. The fourth-order valence-corrected chi connectivity index (χ4v) is 3.42. The van der Waals surface area contributed by atoms with Crippen molar-refractivity contribution >= 4 is 11.7 Å². The van der Waals surface area contributed by atoms with E-state index in [9.17, 15) is 4.79 Å². The first-order valence-corrected chi connectivity index (χ1v) is 8.53. The molecule has 26 heavy (non-hydrogen) atoms. The van der Waals surface area contributed by atoms with Crippen molar-refractivity contribution in [3.63, 3.8) is 0 Å². The zero-order chi connectivity index (χ0) is 18.3. The third-order valence-corrected chi connectivity index (χ3v) is 4.75. The summed E-state index contributed by atoms with van der Waals surface area (Å²) in [6, 6.07) is 11.9. The maximum Gasteiger partial charge on any atom is 0.226 e. The number of fused-ring (bicyclic) bond motifs is 1. The Labute approximate surface area is 151 Å². The molecule has 0 bridgehead atoms. The van der Waals surface area contributed by atoms with Gasteiger partial charge in [0.05, 0.1) is 18.5 Å². The number of pyridine rings is 1. The number of hydrogen-bond donors (Lipinski definition) is 1. The van der Waals surface area contributed by atoms with Crippen molar-refractivity contribution in [2.24, 2.45) is 0 Å². The molecule has 3 aromatic rings. The molecule has 2 aromatic heterocycles. The van der Waals surface area contributed by atoms with Gasteiger partial charge in [-0.15, -0.1) is 0 Å². The molecule has 0 aliphatic carbocycles. The molecule has 1 aliphatic rings. The number of aryl methyl sites for hydroxylation is 2. The van der Waals surface area contributed by atoms with Gasteiger partial charge >= 0.3 is 0 Å². The van der Waals surface area contributed by atoms with E-state index in [1.807, 2.05) is 54.9 Å². The second-order valence-corrected chi connectivity index (χ2v) is 6.53. The monoisotopic (exact) mass is 348 g/mol. The lowest BCUT2D eigenvalue weighted by Crippen LogP contribution is -2.25. The van der Waals surface area contributed by atoms with Crippen molar-refractivity contribution in [3.05, 3.63) is 65.0 Å². The third-order valence-electron chi connectivity index (χ3n) is 4.75. The molecule has 0 saturated carbocycles. The van der Waals surface area contributed by atoms with Crippen LogP contribution in [0.4, 0.5) is 5.82 Å². The minimum Gasteiger partial charge on any atom is -0.481 e. The number of carbonyl (C=O) groups excluding carboxylic acids is 1. The summed E-state index contributed by atoms with van der Waals surface area (Å²) in [5, 5.41) is 7.69. The number of carbonyl (C=O) groups is 1.